The van der Waals surface area contributed by atoms with E-state index in [1.807, 2.05) is 24.3 Å². The number of hydrogen-bond acceptors (Lipinski definition) is 3. The standard InChI is InChI=1S/C17H14FNO2/c18-13-5-4-11(9-19)12(8-13)10-21-17-3-1-2-14-15(17)6-7-16(14)20/h1-5,8,16,20H,6-7,10H2. The summed E-state index contributed by atoms with van der Waals surface area (Å²) in [6, 6.07) is 11.6. The van der Waals surface area contributed by atoms with Crippen molar-refractivity contribution in [3.05, 3.63) is 64.5 Å². The molecule has 0 fully saturated rings. The molecule has 0 spiro atoms. The van der Waals surface area contributed by atoms with Gasteiger partial charge in [0.15, 0.2) is 0 Å². The summed E-state index contributed by atoms with van der Waals surface area (Å²) < 4.78 is 19.0. The number of aliphatic hydroxyl groups excluding tert-OH is 1. The van der Waals surface area contributed by atoms with E-state index in [0.717, 1.165) is 17.5 Å². The normalized spacial score (nSPS) is 16.3. The van der Waals surface area contributed by atoms with Crippen LogP contribution in [0.4, 0.5) is 4.39 Å². The van der Waals surface area contributed by atoms with Crippen LogP contribution in [0.2, 0.25) is 0 Å². The zero-order chi connectivity index (χ0) is 14.8. The van der Waals surface area contributed by atoms with Crippen molar-refractivity contribution in [2.75, 3.05) is 0 Å². The Bertz CT molecular complexity index is 721. The molecule has 0 bridgehead atoms. The van der Waals surface area contributed by atoms with Crippen LogP contribution in [0.15, 0.2) is 36.4 Å². The zero-order valence-electron chi connectivity index (χ0n) is 11.3. The van der Waals surface area contributed by atoms with Crippen molar-refractivity contribution in [1.82, 2.24) is 0 Å². The Morgan fingerprint density at radius 1 is 1.33 bits per heavy atom. The van der Waals surface area contributed by atoms with E-state index < -0.39 is 6.10 Å². The average molecular weight is 283 g/mol. The molecule has 0 aliphatic heterocycles. The fraction of sp³-hybridized carbons (Fsp3) is 0.235. The van der Waals surface area contributed by atoms with Crippen molar-refractivity contribution in [1.29, 1.82) is 5.26 Å². The lowest BCUT2D eigenvalue weighted by Crippen LogP contribution is -2.01. The van der Waals surface area contributed by atoms with Crippen LogP contribution >= 0.6 is 0 Å². The molecule has 2 aromatic carbocycles. The number of rotatable bonds is 3. The Balaban J connectivity index is 1.84. The summed E-state index contributed by atoms with van der Waals surface area (Å²) in [6.07, 6.45) is 1.02. The van der Waals surface area contributed by atoms with Crippen molar-refractivity contribution in [3.8, 4) is 11.8 Å². The highest BCUT2D eigenvalue weighted by molar-refractivity contribution is 5.45. The van der Waals surface area contributed by atoms with Crippen LogP contribution in [0.25, 0.3) is 0 Å². The van der Waals surface area contributed by atoms with Crippen molar-refractivity contribution >= 4 is 0 Å². The molecular weight excluding hydrogens is 269 g/mol. The van der Waals surface area contributed by atoms with Gasteiger partial charge in [0.25, 0.3) is 0 Å². The molecule has 2 aromatic rings. The number of nitriles is 1. The first-order valence-electron chi connectivity index (χ1n) is 6.80. The maximum Gasteiger partial charge on any atom is 0.123 e. The van der Waals surface area contributed by atoms with E-state index in [1.54, 1.807) is 0 Å². The Morgan fingerprint density at radius 2 is 2.19 bits per heavy atom. The van der Waals surface area contributed by atoms with Crippen LogP contribution in [0.3, 0.4) is 0 Å². The number of nitrogens with zero attached hydrogens (tertiary/aromatic N) is 1. The van der Waals surface area contributed by atoms with Gasteiger partial charge in [0.1, 0.15) is 18.2 Å². The number of fused-ring (bicyclic) bond motifs is 1. The largest absolute Gasteiger partial charge is 0.489 e. The third-order valence-corrected chi connectivity index (χ3v) is 3.77. The number of ether oxygens (including phenoxy) is 1. The van der Waals surface area contributed by atoms with Gasteiger partial charge in [-0.05, 0) is 42.7 Å². The summed E-state index contributed by atoms with van der Waals surface area (Å²) in [5.74, 6) is 0.304. The molecule has 1 N–H and O–H groups in total. The van der Waals surface area contributed by atoms with E-state index in [1.165, 1.54) is 18.2 Å². The minimum Gasteiger partial charge on any atom is -0.489 e. The smallest absolute Gasteiger partial charge is 0.123 e. The molecule has 0 saturated heterocycles. The van der Waals surface area contributed by atoms with Gasteiger partial charge in [-0.3, -0.25) is 0 Å². The van der Waals surface area contributed by atoms with E-state index in [0.29, 0.717) is 23.3 Å². The molecular formula is C17H14FNO2. The molecule has 1 aliphatic carbocycles. The van der Waals surface area contributed by atoms with Crippen LogP contribution in [0, 0.1) is 17.1 Å². The molecule has 0 amide bonds. The van der Waals surface area contributed by atoms with Crippen molar-refractivity contribution in [2.45, 2.75) is 25.6 Å². The average Bonchev–Trinajstić information content (AvgIpc) is 2.87. The third kappa shape index (κ3) is 2.61. The molecule has 0 aromatic heterocycles. The van der Waals surface area contributed by atoms with Gasteiger partial charge < -0.3 is 9.84 Å². The van der Waals surface area contributed by atoms with Gasteiger partial charge in [0.2, 0.25) is 0 Å². The van der Waals surface area contributed by atoms with Gasteiger partial charge in [-0.1, -0.05) is 12.1 Å². The number of halogens is 1. The molecule has 0 saturated carbocycles. The molecule has 0 radical (unpaired) electrons. The lowest BCUT2D eigenvalue weighted by atomic mass is 10.1. The number of aliphatic hydroxyl groups is 1. The summed E-state index contributed by atoms with van der Waals surface area (Å²) in [4.78, 5) is 0. The van der Waals surface area contributed by atoms with Gasteiger partial charge in [0.05, 0.1) is 17.7 Å². The molecule has 1 aliphatic rings. The van der Waals surface area contributed by atoms with Gasteiger partial charge >= 0.3 is 0 Å². The first-order valence-corrected chi connectivity index (χ1v) is 6.80. The van der Waals surface area contributed by atoms with E-state index >= 15 is 0 Å². The van der Waals surface area contributed by atoms with Crippen molar-refractivity contribution in [3.63, 3.8) is 0 Å². The number of benzene rings is 2. The molecule has 1 unspecified atom stereocenters. The lowest BCUT2D eigenvalue weighted by molar-refractivity contribution is 0.180. The molecule has 106 valence electrons. The van der Waals surface area contributed by atoms with Gasteiger partial charge in [0, 0.05) is 11.1 Å². The van der Waals surface area contributed by atoms with Crippen molar-refractivity contribution in [2.24, 2.45) is 0 Å². The van der Waals surface area contributed by atoms with Gasteiger partial charge in [-0.25, -0.2) is 4.39 Å². The minimum atomic E-state index is -0.438. The minimum absolute atomic E-state index is 0.132. The summed E-state index contributed by atoms with van der Waals surface area (Å²) in [5, 5.41) is 18.9. The van der Waals surface area contributed by atoms with E-state index in [9.17, 15) is 9.50 Å². The van der Waals surface area contributed by atoms with E-state index in [-0.39, 0.29) is 12.4 Å². The first-order chi connectivity index (χ1) is 10.2. The Kier molecular flexibility index (Phi) is 3.59. The maximum atomic E-state index is 13.3. The van der Waals surface area contributed by atoms with Crippen LogP contribution < -0.4 is 4.74 Å². The highest BCUT2D eigenvalue weighted by atomic mass is 19.1. The second-order valence-corrected chi connectivity index (χ2v) is 5.08. The molecule has 3 rings (SSSR count). The third-order valence-electron chi connectivity index (χ3n) is 3.77. The highest BCUT2D eigenvalue weighted by Gasteiger charge is 2.23. The molecule has 4 heteroatoms. The lowest BCUT2D eigenvalue weighted by Gasteiger charge is -2.12. The SMILES string of the molecule is N#Cc1ccc(F)cc1COc1cccc2c1CCC2O. The summed E-state index contributed by atoms with van der Waals surface area (Å²) in [6.45, 7) is 0.132. The van der Waals surface area contributed by atoms with Crippen LogP contribution in [-0.4, -0.2) is 5.11 Å². The van der Waals surface area contributed by atoms with E-state index in [4.69, 9.17) is 10.00 Å². The fourth-order valence-corrected chi connectivity index (χ4v) is 2.68. The predicted molar refractivity (Wildman–Crippen MR) is 75.2 cm³/mol. The van der Waals surface area contributed by atoms with Crippen LogP contribution in [0.5, 0.6) is 5.75 Å². The molecule has 3 nitrogen and oxygen atoms in total. The first kappa shape index (κ1) is 13.6. The predicted octanol–water partition coefficient (Wildman–Crippen LogP) is 3.26. The quantitative estimate of drug-likeness (QED) is 0.940. The second-order valence-electron chi connectivity index (χ2n) is 5.08. The molecule has 1 atom stereocenters. The van der Waals surface area contributed by atoms with E-state index in [2.05, 4.69) is 0 Å². The molecule has 21 heavy (non-hydrogen) atoms. The van der Waals surface area contributed by atoms with Gasteiger partial charge in [-0.2, -0.15) is 5.26 Å². The molecule has 0 heterocycles. The Labute approximate surface area is 122 Å². The number of hydrogen-bond donors (Lipinski definition) is 1. The van der Waals surface area contributed by atoms with Gasteiger partial charge in [-0.15, -0.1) is 0 Å². The highest BCUT2D eigenvalue weighted by Crippen LogP contribution is 2.37. The van der Waals surface area contributed by atoms with Crippen LogP contribution in [-0.2, 0) is 13.0 Å². The second kappa shape index (κ2) is 5.55. The fourth-order valence-electron chi connectivity index (χ4n) is 2.68. The summed E-state index contributed by atoms with van der Waals surface area (Å²) in [7, 11) is 0. The van der Waals surface area contributed by atoms with Crippen LogP contribution in [0.1, 0.15) is 34.8 Å². The maximum absolute atomic E-state index is 13.3. The topological polar surface area (TPSA) is 53.2 Å². The summed E-state index contributed by atoms with van der Waals surface area (Å²) >= 11 is 0. The summed E-state index contributed by atoms with van der Waals surface area (Å²) in [5.41, 5.74) is 2.82. The Morgan fingerprint density at radius 3 is 3.00 bits per heavy atom. The van der Waals surface area contributed by atoms with Crippen molar-refractivity contribution < 1.29 is 14.2 Å². The Hall–Kier alpha value is -2.38. The monoisotopic (exact) mass is 283 g/mol. The zero-order valence-corrected chi connectivity index (χ0v) is 11.3.